The molecule has 0 aliphatic rings. The summed E-state index contributed by atoms with van der Waals surface area (Å²) < 4.78 is 21.8. The van der Waals surface area contributed by atoms with Gasteiger partial charge in [0.2, 0.25) is 0 Å². The maximum Gasteiger partial charge on any atom is 0.264 e. The van der Waals surface area contributed by atoms with E-state index in [0.29, 0.717) is 0 Å². The minimum absolute atomic E-state index is 0.0521. The summed E-state index contributed by atoms with van der Waals surface area (Å²) in [5.74, 6) is -0.526. The van der Waals surface area contributed by atoms with Gasteiger partial charge in [0, 0.05) is 16.2 Å². The zero-order valence-corrected chi connectivity index (χ0v) is 8.90. The van der Waals surface area contributed by atoms with Crippen molar-refractivity contribution < 1.29 is 18.3 Å². The summed E-state index contributed by atoms with van der Waals surface area (Å²) in [5, 5.41) is 8.31. The van der Waals surface area contributed by atoms with Crippen LogP contribution in [0.4, 0.5) is 0 Å². The second-order valence-electron chi connectivity index (χ2n) is 2.39. The fourth-order valence-corrected chi connectivity index (χ4v) is 1.91. The van der Waals surface area contributed by atoms with Crippen molar-refractivity contribution in [3.63, 3.8) is 0 Å². The quantitative estimate of drug-likeness (QED) is 0.816. The lowest BCUT2D eigenvalue weighted by molar-refractivity contribution is 0.108. The number of rotatable bonds is 2. The Balaban J connectivity index is 3.44. The lowest BCUT2D eigenvalue weighted by Gasteiger charge is -2.01. The van der Waals surface area contributed by atoms with Gasteiger partial charge in [0.25, 0.3) is 14.3 Å². The van der Waals surface area contributed by atoms with Gasteiger partial charge in [-0.3, -0.25) is 4.79 Å². The molecule has 76 valence electrons. The lowest BCUT2D eigenvalue weighted by Crippen LogP contribution is -1.95. The number of hydrogen-bond donors (Lipinski definition) is 1. The van der Waals surface area contributed by atoms with E-state index in [2.05, 4.69) is 0 Å². The van der Waals surface area contributed by atoms with E-state index in [0.717, 1.165) is 12.1 Å². The predicted octanol–water partition coefficient (Wildman–Crippen LogP) is 1.70. The molecule has 7 heteroatoms. The van der Waals surface area contributed by atoms with E-state index in [9.17, 15) is 13.2 Å². The Morgan fingerprint density at radius 2 is 1.93 bits per heavy atom. The van der Waals surface area contributed by atoms with Crippen LogP contribution < -0.4 is 0 Å². The number of halogens is 2. The van der Waals surface area contributed by atoms with Crippen molar-refractivity contribution in [2.45, 2.75) is 4.90 Å². The molecule has 0 atom stereocenters. The topological polar surface area (TPSA) is 71.4 Å². The first kappa shape index (κ1) is 11.3. The van der Waals surface area contributed by atoms with E-state index in [1.807, 2.05) is 0 Å². The van der Waals surface area contributed by atoms with E-state index >= 15 is 0 Å². The molecule has 0 unspecified atom stereocenters. The molecule has 1 aromatic carbocycles. The minimum atomic E-state index is -4.08. The number of carbonyl (C=O) groups excluding carboxylic acids is 1. The van der Waals surface area contributed by atoms with Crippen LogP contribution in [0.1, 0.15) is 10.4 Å². The zero-order valence-electron chi connectivity index (χ0n) is 6.57. The van der Waals surface area contributed by atoms with Crippen LogP contribution in [0, 0.1) is 0 Å². The van der Waals surface area contributed by atoms with Crippen molar-refractivity contribution >= 4 is 36.6 Å². The third kappa shape index (κ3) is 2.37. The second-order valence-corrected chi connectivity index (χ2v) is 5.27. The third-order valence-corrected chi connectivity index (χ3v) is 3.02. The molecule has 0 spiro atoms. The molecule has 0 fully saturated rings. The number of phenols is 1. The van der Waals surface area contributed by atoms with Gasteiger partial charge in [-0.25, -0.2) is 8.42 Å². The molecule has 0 heterocycles. The Kier molecular flexibility index (Phi) is 3.04. The molecule has 0 amide bonds. The smallest absolute Gasteiger partial charge is 0.264 e. The molecule has 1 rings (SSSR count). The minimum Gasteiger partial charge on any atom is -0.507 e. The Bertz CT molecular complexity index is 480. The molecule has 0 aliphatic heterocycles. The van der Waals surface area contributed by atoms with Gasteiger partial charge in [0.15, 0.2) is 0 Å². The SMILES string of the molecule is O=C(Cl)c1ccc(O)c(S(=O)(=O)Cl)c1. The van der Waals surface area contributed by atoms with Crippen LogP contribution in [0.5, 0.6) is 5.75 Å². The molecule has 0 saturated carbocycles. The van der Waals surface area contributed by atoms with Crippen molar-refractivity contribution in [1.29, 1.82) is 0 Å². The third-order valence-electron chi connectivity index (χ3n) is 1.45. The first-order valence-corrected chi connectivity index (χ1v) is 5.98. The Labute approximate surface area is 89.5 Å². The normalized spacial score (nSPS) is 11.3. The van der Waals surface area contributed by atoms with E-state index in [1.54, 1.807) is 0 Å². The Morgan fingerprint density at radius 1 is 1.36 bits per heavy atom. The second kappa shape index (κ2) is 3.76. The summed E-state index contributed by atoms with van der Waals surface area (Å²) in [7, 11) is 0.920. The molecule has 0 bridgehead atoms. The van der Waals surface area contributed by atoms with E-state index in [4.69, 9.17) is 27.4 Å². The van der Waals surface area contributed by atoms with Gasteiger partial charge in [0.05, 0.1) is 0 Å². The highest BCUT2D eigenvalue weighted by atomic mass is 35.7. The van der Waals surface area contributed by atoms with Crippen LogP contribution in [0.3, 0.4) is 0 Å². The molecule has 0 saturated heterocycles. The van der Waals surface area contributed by atoms with Crippen molar-refractivity contribution in [3.05, 3.63) is 23.8 Å². The molecule has 1 N–H and O–H groups in total. The largest absolute Gasteiger partial charge is 0.507 e. The summed E-state index contributed by atoms with van der Waals surface area (Å²) in [6.45, 7) is 0. The van der Waals surface area contributed by atoms with Gasteiger partial charge in [-0.1, -0.05) is 0 Å². The van der Waals surface area contributed by atoms with Gasteiger partial charge in [0.1, 0.15) is 10.6 Å². The zero-order chi connectivity index (χ0) is 10.9. The average Bonchev–Trinajstić information content (AvgIpc) is 2.02. The summed E-state index contributed by atoms with van der Waals surface area (Å²) in [4.78, 5) is 10.1. The van der Waals surface area contributed by atoms with Crippen LogP contribution >= 0.6 is 22.3 Å². The van der Waals surface area contributed by atoms with Gasteiger partial charge in [-0.15, -0.1) is 0 Å². The molecular formula is C7H4Cl2O4S. The number of aromatic hydroxyl groups is 1. The average molecular weight is 255 g/mol. The summed E-state index contributed by atoms with van der Waals surface area (Å²) >= 11 is 5.12. The first-order chi connectivity index (χ1) is 6.32. The molecule has 4 nitrogen and oxygen atoms in total. The number of carbonyl (C=O) groups is 1. The molecule has 0 aromatic heterocycles. The number of hydrogen-bond acceptors (Lipinski definition) is 4. The summed E-state index contributed by atoms with van der Waals surface area (Å²) in [6.07, 6.45) is 0. The number of phenolic OH excluding ortho intramolecular Hbond substituents is 1. The highest BCUT2D eigenvalue weighted by molar-refractivity contribution is 8.13. The summed E-state index contributed by atoms with van der Waals surface area (Å²) in [6, 6.07) is 3.13. The molecule has 14 heavy (non-hydrogen) atoms. The van der Waals surface area contributed by atoms with Gasteiger partial charge < -0.3 is 5.11 Å². The van der Waals surface area contributed by atoms with Crippen molar-refractivity contribution in [1.82, 2.24) is 0 Å². The standard InChI is InChI=1S/C7H4Cl2O4S/c8-7(11)4-1-2-5(10)6(3-4)14(9,12)13/h1-3,10H. The van der Waals surface area contributed by atoms with Crippen molar-refractivity contribution in [2.75, 3.05) is 0 Å². The molecule has 1 aromatic rings. The summed E-state index contributed by atoms with van der Waals surface area (Å²) in [5.41, 5.74) is -0.0521. The maximum atomic E-state index is 10.9. The van der Waals surface area contributed by atoms with Gasteiger partial charge in [-0.2, -0.15) is 0 Å². The first-order valence-electron chi connectivity index (χ1n) is 3.30. The van der Waals surface area contributed by atoms with Crippen LogP contribution in [0.25, 0.3) is 0 Å². The highest BCUT2D eigenvalue weighted by Gasteiger charge is 2.17. The molecular weight excluding hydrogens is 251 g/mol. The van der Waals surface area contributed by atoms with Gasteiger partial charge in [-0.05, 0) is 29.8 Å². The fraction of sp³-hybridized carbons (Fsp3) is 0. The van der Waals surface area contributed by atoms with E-state index in [1.165, 1.54) is 6.07 Å². The van der Waals surface area contributed by atoms with Crippen molar-refractivity contribution in [3.8, 4) is 5.75 Å². The predicted molar refractivity (Wildman–Crippen MR) is 51.3 cm³/mol. The Hall–Kier alpha value is -0.780. The molecule has 0 aliphatic carbocycles. The highest BCUT2D eigenvalue weighted by Crippen LogP contribution is 2.27. The van der Waals surface area contributed by atoms with Crippen LogP contribution in [-0.2, 0) is 9.05 Å². The maximum absolute atomic E-state index is 10.9. The fourth-order valence-electron chi connectivity index (χ4n) is 0.832. The van der Waals surface area contributed by atoms with E-state index < -0.39 is 24.9 Å². The van der Waals surface area contributed by atoms with Gasteiger partial charge >= 0.3 is 0 Å². The van der Waals surface area contributed by atoms with Crippen LogP contribution in [-0.4, -0.2) is 18.8 Å². The van der Waals surface area contributed by atoms with Crippen molar-refractivity contribution in [2.24, 2.45) is 0 Å². The van der Waals surface area contributed by atoms with Crippen LogP contribution in [0.2, 0.25) is 0 Å². The Morgan fingerprint density at radius 3 is 2.36 bits per heavy atom. The lowest BCUT2D eigenvalue weighted by atomic mass is 10.2. The van der Waals surface area contributed by atoms with Crippen LogP contribution in [0.15, 0.2) is 23.1 Å². The number of benzene rings is 1. The monoisotopic (exact) mass is 254 g/mol. The molecule has 0 radical (unpaired) electrons. The van der Waals surface area contributed by atoms with E-state index in [-0.39, 0.29) is 5.56 Å².